The van der Waals surface area contributed by atoms with Gasteiger partial charge in [0.1, 0.15) is 5.82 Å². The Labute approximate surface area is 120 Å². The second kappa shape index (κ2) is 6.30. The van der Waals surface area contributed by atoms with Gasteiger partial charge in [0, 0.05) is 25.3 Å². The van der Waals surface area contributed by atoms with E-state index in [9.17, 15) is 18.0 Å². The summed E-state index contributed by atoms with van der Waals surface area (Å²) in [5, 5.41) is 2.43. The average Bonchev–Trinajstić information content (AvgIpc) is 2.43. The molecular weight excluding hydrogens is 281 g/mol. The summed E-state index contributed by atoms with van der Waals surface area (Å²) < 4.78 is 38.9. The normalized spacial score (nSPS) is 10.3. The van der Waals surface area contributed by atoms with Crippen LogP contribution >= 0.6 is 0 Å². The van der Waals surface area contributed by atoms with Crippen LogP contribution in [-0.2, 0) is 6.54 Å². The van der Waals surface area contributed by atoms with E-state index in [0.717, 1.165) is 12.1 Å². The van der Waals surface area contributed by atoms with Gasteiger partial charge in [-0.25, -0.2) is 18.0 Å². The van der Waals surface area contributed by atoms with Crippen LogP contribution in [-0.4, -0.2) is 18.0 Å². The van der Waals surface area contributed by atoms with Crippen molar-refractivity contribution in [1.82, 2.24) is 4.90 Å². The van der Waals surface area contributed by atoms with E-state index in [1.165, 1.54) is 30.1 Å². The van der Waals surface area contributed by atoms with Gasteiger partial charge >= 0.3 is 6.03 Å². The zero-order valence-corrected chi connectivity index (χ0v) is 11.2. The van der Waals surface area contributed by atoms with Gasteiger partial charge in [-0.1, -0.05) is 12.1 Å². The predicted octanol–water partition coefficient (Wildman–Crippen LogP) is 3.77. The molecule has 110 valence electrons. The van der Waals surface area contributed by atoms with Crippen molar-refractivity contribution < 1.29 is 18.0 Å². The first-order chi connectivity index (χ1) is 9.95. The third kappa shape index (κ3) is 3.98. The molecule has 0 aliphatic carbocycles. The molecule has 2 aromatic carbocycles. The molecule has 0 atom stereocenters. The second-order valence-corrected chi connectivity index (χ2v) is 4.55. The minimum atomic E-state index is -1.04. The Hall–Kier alpha value is -2.50. The van der Waals surface area contributed by atoms with E-state index in [0.29, 0.717) is 5.56 Å². The maximum Gasteiger partial charge on any atom is 0.321 e. The number of carbonyl (C=O) groups excluding carboxylic acids is 1. The molecule has 0 aliphatic rings. The Morgan fingerprint density at radius 1 is 1.10 bits per heavy atom. The first-order valence-electron chi connectivity index (χ1n) is 6.17. The Morgan fingerprint density at radius 2 is 1.86 bits per heavy atom. The summed E-state index contributed by atoms with van der Waals surface area (Å²) in [5.74, 6) is -2.41. The molecule has 2 amide bonds. The van der Waals surface area contributed by atoms with E-state index < -0.39 is 17.7 Å². The molecule has 0 saturated carbocycles. The predicted molar refractivity (Wildman–Crippen MR) is 73.2 cm³/mol. The molecule has 21 heavy (non-hydrogen) atoms. The molecule has 0 fully saturated rings. The Bertz CT molecular complexity index is 661. The van der Waals surface area contributed by atoms with Gasteiger partial charge in [0.15, 0.2) is 11.6 Å². The summed E-state index contributed by atoms with van der Waals surface area (Å²) in [5.41, 5.74) is 0.767. The molecule has 0 unspecified atom stereocenters. The summed E-state index contributed by atoms with van der Waals surface area (Å²) in [6.45, 7) is 0.188. The number of hydrogen-bond acceptors (Lipinski definition) is 1. The molecule has 2 rings (SSSR count). The second-order valence-electron chi connectivity index (χ2n) is 4.55. The fourth-order valence-corrected chi connectivity index (χ4v) is 1.77. The molecule has 0 heterocycles. The van der Waals surface area contributed by atoms with Gasteiger partial charge in [-0.15, -0.1) is 0 Å². The number of urea groups is 1. The monoisotopic (exact) mass is 294 g/mol. The van der Waals surface area contributed by atoms with Crippen LogP contribution in [0.1, 0.15) is 5.56 Å². The Balaban J connectivity index is 2.00. The standard InChI is InChI=1S/C15H13F3N2O/c1-20(9-10-3-2-4-11(16)7-10)15(21)19-12-5-6-13(17)14(18)8-12/h2-8H,9H2,1H3,(H,19,21). The van der Waals surface area contributed by atoms with Gasteiger partial charge < -0.3 is 10.2 Å². The van der Waals surface area contributed by atoms with Crippen LogP contribution in [0.25, 0.3) is 0 Å². The van der Waals surface area contributed by atoms with Crippen LogP contribution in [0.5, 0.6) is 0 Å². The fraction of sp³-hybridized carbons (Fsp3) is 0.133. The summed E-state index contributed by atoms with van der Waals surface area (Å²) in [6.07, 6.45) is 0. The third-order valence-electron chi connectivity index (χ3n) is 2.83. The lowest BCUT2D eigenvalue weighted by Gasteiger charge is -2.18. The van der Waals surface area contributed by atoms with Crippen LogP contribution in [0.3, 0.4) is 0 Å². The van der Waals surface area contributed by atoms with Crippen molar-refractivity contribution in [3.63, 3.8) is 0 Å². The number of benzene rings is 2. The lowest BCUT2D eigenvalue weighted by atomic mass is 10.2. The first-order valence-corrected chi connectivity index (χ1v) is 6.17. The maximum absolute atomic E-state index is 13.1. The van der Waals surface area contributed by atoms with Crippen LogP contribution in [0.2, 0.25) is 0 Å². The van der Waals surface area contributed by atoms with Gasteiger partial charge in [-0.2, -0.15) is 0 Å². The lowest BCUT2D eigenvalue weighted by Crippen LogP contribution is -2.30. The smallest absolute Gasteiger partial charge is 0.321 e. The molecule has 1 N–H and O–H groups in total. The minimum absolute atomic E-state index is 0.144. The van der Waals surface area contributed by atoms with Crippen LogP contribution in [0.4, 0.5) is 23.7 Å². The van der Waals surface area contributed by atoms with E-state index in [2.05, 4.69) is 5.32 Å². The highest BCUT2D eigenvalue weighted by Gasteiger charge is 2.11. The number of amides is 2. The van der Waals surface area contributed by atoms with Crippen LogP contribution < -0.4 is 5.32 Å². The maximum atomic E-state index is 13.1. The van der Waals surface area contributed by atoms with E-state index >= 15 is 0 Å². The van der Waals surface area contributed by atoms with Crippen molar-refractivity contribution in [3.8, 4) is 0 Å². The molecule has 0 aromatic heterocycles. The molecule has 6 heteroatoms. The Kier molecular flexibility index (Phi) is 4.47. The van der Waals surface area contributed by atoms with Crippen molar-refractivity contribution in [2.24, 2.45) is 0 Å². The number of anilines is 1. The highest BCUT2D eigenvalue weighted by Crippen LogP contribution is 2.14. The van der Waals surface area contributed by atoms with Gasteiger partial charge in [0.05, 0.1) is 0 Å². The molecule has 0 saturated heterocycles. The van der Waals surface area contributed by atoms with Crippen molar-refractivity contribution in [1.29, 1.82) is 0 Å². The van der Waals surface area contributed by atoms with Gasteiger partial charge in [-0.05, 0) is 29.8 Å². The van der Waals surface area contributed by atoms with Crippen LogP contribution in [0, 0.1) is 17.5 Å². The number of rotatable bonds is 3. The third-order valence-corrected chi connectivity index (χ3v) is 2.83. The van der Waals surface area contributed by atoms with Crippen LogP contribution in [0.15, 0.2) is 42.5 Å². The van der Waals surface area contributed by atoms with E-state index in [1.54, 1.807) is 12.1 Å². The average molecular weight is 294 g/mol. The lowest BCUT2D eigenvalue weighted by molar-refractivity contribution is 0.220. The van der Waals surface area contributed by atoms with E-state index in [4.69, 9.17) is 0 Å². The summed E-state index contributed by atoms with van der Waals surface area (Å²) in [6, 6.07) is 8.43. The molecule has 0 radical (unpaired) electrons. The first kappa shape index (κ1) is 14.9. The molecule has 0 bridgehead atoms. The van der Waals surface area contributed by atoms with Gasteiger partial charge in [0.2, 0.25) is 0 Å². The zero-order chi connectivity index (χ0) is 15.4. The van der Waals surface area contributed by atoms with Crippen molar-refractivity contribution >= 4 is 11.7 Å². The molecule has 0 spiro atoms. The molecule has 0 aliphatic heterocycles. The Morgan fingerprint density at radius 3 is 2.52 bits per heavy atom. The number of nitrogens with one attached hydrogen (secondary N) is 1. The summed E-state index contributed by atoms with van der Waals surface area (Å²) in [7, 11) is 1.51. The number of halogens is 3. The van der Waals surface area contributed by atoms with Crippen molar-refractivity contribution in [2.45, 2.75) is 6.54 Å². The number of carbonyl (C=O) groups is 1. The zero-order valence-electron chi connectivity index (χ0n) is 11.2. The molecule has 3 nitrogen and oxygen atoms in total. The summed E-state index contributed by atoms with van der Waals surface area (Å²) >= 11 is 0. The highest BCUT2D eigenvalue weighted by molar-refractivity contribution is 5.89. The van der Waals surface area contributed by atoms with Gasteiger partial charge in [0.25, 0.3) is 0 Å². The quantitative estimate of drug-likeness (QED) is 0.918. The largest absolute Gasteiger partial charge is 0.323 e. The van der Waals surface area contributed by atoms with Gasteiger partial charge in [-0.3, -0.25) is 0 Å². The van der Waals surface area contributed by atoms with E-state index in [1.807, 2.05) is 0 Å². The minimum Gasteiger partial charge on any atom is -0.323 e. The number of hydrogen-bond donors (Lipinski definition) is 1. The van der Waals surface area contributed by atoms with Crippen molar-refractivity contribution in [2.75, 3.05) is 12.4 Å². The topological polar surface area (TPSA) is 32.3 Å². The van der Waals surface area contributed by atoms with Crippen molar-refractivity contribution in [3.05, 3.63) is 65.5 Å². The highest BCUT2D eigenvalue weighted by atomic mass is 19.2. The van der Waals surface area contributed by atoms with E-state index in [-0.39, 0.29) is 18.0 Å². The molecule has 2 aromatic rings. The molecular formula is C15H13F3N2O. The fourth-order valence-electron chi connectivity index (χ4n) is 1.77. The summed E-state index contributed by atoms with van der Waals surface area (Å²) in [4.78, 5) is 13.2. The number of nitrogens with zero attached hydrogens (tertiary/aromatic N) is 1. The SMILES string of the molecule is CN(Cc1cccc(F)c1)C(=O)Nc1ccc(F)c(F)c1.